The van der Waals surface area contributed by atoms with Gasteiger partial charge in [-0.15, -0.1) is 0 Å². The van der Waals surface area contributed by atoms with Crippen molar-refractivity contribution in [3.05, 3.63) is 29.3 Å². The van der Waals surface area contributed by atoms with Crippen LogP contribution in [0.5, 0.6) is 0 Å². The van der Waals surface area contributed by atoms with Gasteiger partial charge in [0.05, 0.1) is 6.54 Å². The average Bonchev–Trinajstić information content (AvgIpc) is 2.47. The Morgan fingerprint density at radius 2 is 1.67 bits per heavy atom. The molecular weight excluding hydrogens is 290 g/mol. The summed E-state index contributed by atoms with van der Waals surface area (Å²) in [5.74, 6) is -0.359. The van der Waals surface area contributed by atoms with Gasteiger partial charge in [-0.3, -0.25) is 9.59 Å². The van der Waals surface area contributed by atoms with Crippen molar-refractivity contribution in [2.24, 2.45) is 5.73 Å². The van der Waals surface area contributed by atoms with Crippen LogP contribution in [0.3, 0.4) is 0 Å². The van der Waals surface area contributed by atoms with Crippen molar-refractivity contribution in [1.29, 1.82) is 0 Å². The molecule has 4 N–H and O–H groups in total. The van der Waals surface area contributed by atoms with Crippen molar-refractivity contribution >= 4 is 29.1 Å². The number of rotatable bonds is 9. The van der Waals surface area contributed by atoms with E-state index >= 15 is 0 Å². The number of unbranched alkanes of at least 4 members (excludes halogenated alkanes) is 3. The molecule has 0 saturated carbocycles. The van der Waals surface area contributed by atoms with Crippen LogP contribution in [0.2, 0.25) is 5.02 Å². The van der Waals surface area contributed by atoms with E-state index in [-0.39, 0.29) is 18.4 Å². The predicted molar refractivity (Wildman–Crippen MR) is 85.2 cm³/mol. The second-order valence-electron chi connectivity index (χ2n) is 4.78. The first-order valence-electron chi connectivity index (χ1n) is 7.14. The van der Waals surface area contributed by atoms with Gasteiger partial charge in [-0.05, 0) is 43.7 Å². The zero-order chi connectivity index (χ0) is 15.5. The number of halogens is 1. The minimum absolute atomic E-state index is 0.0236. The summed E-state index contributed by atoms with van der Waals surface area (Å²) in [6.45, 7) is 0.668. The minimum atomic E-state index is -0.256. The molecule has 0 aliphatic carbocycles. The lowest BCUT2D eigenvalue weighted by Crippen LogP contribution is -2.32. The predicted octanol–water partition coefficient (Wildman–Crippen LogP) is 2.30. The van der Waals surface area contributed by atoms with Crippen molar-refractivity contribution < 1.29 is 9.59 Å². The molecule has 0 fully saturated rings. The second kappa shape index (κ2) is 10.2. The number of anilines is 1. The van der Waals surface area contributed by atoms with E-state index in [0.29, 0.717) is 23.7 Å². The van der Waals surface area contributed by atoms with E-state index in [2.05, 4.69) is 10.6 Å². The Morgan fingerprint density at radius 1 is 1.00 bits per heavy atom. The lowest BCUT2D eigenvalue weighted by atomic mass is 10.1. The summed E-state index contributed by atoms with van der Waals surface area (Å²) in [5.41, 5.74) is 6.05. The number of amides is 2. The third-order valence-corrected chi connectivity index (χ3v) is 3.18. The summed E-state index contributed by atoms with van der Waals surface area (Å²) in [6, 6.07) is 6.80. The van der Waals surface area contributed by atoms with Crippen LogP contribution in [0.15, 0.2) is 24.3 Å². The van der Waals surface area contributed by atoms with Gasteiger partial charge in [-0.2, -0.15) is 0 Å². The van der Waals surface area contributed by atoms with Crippen LogP contribution >= 0.6 is 11.6 Å². The lowest BCUT2D eigenvalue weighted by Gasteiger charge is -2.07. The Labute approximate surface area is 130 Å². The third-order valence-electron chi connectivity index (χ3n) is 2.93. The van der Waals surface area contributed by atoms with Gasteiger partial charge in [-0.1, -0.05) is 24.4 Å². The molecule has 0 aromatic heterocycles. The average molecular weight is 312 g/mol. The molecule has 0 aliphatic heterocycles. The second-order valence-corrected chi connectivity index (χ2v) is 5.22. The van der Waals surface area contributed by atoms with Crippen molar-refractivity contribution in [2.45, 2.75) is 32.1 Å². The molecule has 2 amide bonds. The van der Waals surface area contributed by atoms with Gasteiger partial charge in [0.2, 0.25) is 11.8 Å². The number of hydrogen-bond donors (Lipinski definition) is 3. The van der Waals surface area contributed by atoms with E-state index in [1.807, 2.05) is 0 Å². The number of nitrogens with two attached hydrogens (primary N) is 1. The number of carbonyl (C=O) groups excluding carboxylic acids is 2. The molecule has 1 rings (SSSR count). The van der Waals surface area contributed by atoms with Gasteiger partial charge in [0, 0.05) is 17.1 Å². The van der Waals surface area contributed by atoms with E-state index in [0.717, 1.165) is 25.7 Å². The highest BCUT2D eigenvalue weighted by Crippen LogP contribution is 2.12. The van der Waals surface area contributed by atoms with E-state index in [9.17, 15) is 9.59 Å². The number of carbonyl (C=O) groups is 2. The van der Waals surface area contributed by atoms with Gasteiger partial charge in [0.15, 0.2) is 0 Å². The summed E-state index contributed by atoms with van der Waals surface area (Å²) >= 11 is 5.75. The molecule has 1 aromatic rings. The molecule has 0 radical (unpaired) electrons. The van der Waals surface area contributed by atoms with Gasteiger partial charge in [-0.25, -0.2) is 0 Å². The molecule has 0 aliphatic rings. The third kappa shape index (κ3) is 8.32. The SMILES string of the molecule is NCCCCCCC(=O)NCC(=O)Nc1ccc(Cl)cc1. The molecule has 21 heavy (non-hydrogen) atoms. The highest BCUT2D eigenvalue weighted by Gasteiger charge is 2.05. The summed E-state index contributed by atoms with van der Waals surface area (Å²) in [4.78, 5) is 23.2. The maximum absolute atomic E-state index is 11.6. The fourth-order valence-electron chi connectivity index (χ4n) is 1.79. The molecule has 0 saturated heterocycles. The van der Waals surface area contributed by atoms with E-state index < -0.39 is 0 Å². The Bertz CT molecular complexity index is 449. The highest BCUT2D eigenvalue weighted by atomic mass is 35.5. The standard InChI is InChI=1S/C15H22ClN3O2/c16-12-6-8-13(9-7-12)19-15(21)11-18-14(20)5-3-1-2-4-10-17/h6-9H,1-5,10-11,17H2,(H,18,20)(H,19,21). The van der Waals surface area contributed by atoms with Gasteiger partial charge >= 0.3 is 0 Å². The van der Waals surface area contributed by atoms with Crippen molar-refractivity contribution in [3.63, 3.8) is 0 Å². The van der Waals surface area contributed by atoms with Crippen molar-refractivity contribution in [2.75, 3.05) is 18.4 Å². The molecule has 5 nitrogen and oxygen atoms in total. The minimum Gasteiger partial charge on any atom is -0.347 e. The molecule has 6 heteroatoms. The largest absolute Gasteiger partial charge is 0.347 e. The highest BCUT2D eigenvalue weighted by molar-refractivity contribution is 6.30. The van der Waals surface area contributed by atoms with Crippen LogP contribution in [-0.2, 0) is 9.59 Å². The first-order chi connectivity index (χ1) is 10.1. The van der Waals surface area contributed by atoms with E-state index in [1.54, 1.807) is 24.3 Å². The Hall–Kier alpha value is -1.59. The number of nitrogens with one attached hydrogen (secondary N) is 2. The van der Waals surface area contributed by atoms with Gasteiger partial charge in [0.1, 0.15) is 0 Å². The molecule has 0 heterocycles. The fraction of sp³-hybridized carbons (Fsp3) is 0.467. The molecule has 1 aromatic carbocycles. The number of benzene rings is 1. The van der Waals surface area contributed by atoms with Crippen LogP contribution in [0.25, 0.3) is 0 Å². The smallest absolute Gasteiger partial charge is 0.243 e. The zero-order valence-corrected chi connectivity index (χ0v) is 12.8. The first kappa shape index (κ1) is 17.5. The first-order valence-corrected chi connectivity index (χ1v) is 7.52. The van der Waals surface area contributed by atoms with Crippen LogP contribution in [-0.4, -0.2) is 24.9 Å². The van der Waals surface area contributed by atoms with Crippen LogP contribution in [0.1, 0.15) is 32.1 Å². The van der Waals surface area contributed by atoms with Crippen LogP contribution in [0, 0.1) is 0 Å². The normalized spacial score (nSPS) is 10.2. The Kier molecular flexibility index (Phi) is 8.47. The maximum atomic E-state index is 11.6. The van der Waals surface area contributed by atoms with Crippen molar-refractivity contribution in [3.8, 4) is 0 Å². The Balaban J connectivity index is 2.14. The molecule has 0 atom stereocenters. The molecule has 0 bridgehead atoms. The van der Waals surface area contributed by atoms with Crippen LogP contribution in [0.4, 0.5) is 5.69 Å². The molecule has 0 spiro atoms. The van der Waals surface area contributed by atoms with Crippen LogP contribution < -0.4 is 16.4 Å². The summed E-state index contributed by atoms with van der Waals surface area (Å²) in [6.07, 6.45) is 4.29. The summed E-state index contributed by atoms with van der Waals surface area (Å²) in [7, 11) is 0. The lowest BCUT2D eigenvalue weighted by molar-refractivity contribution is -0.124. The van der Waals surface area contributed by atoms with Crippen molar-refractivity contribution in [1.82, 2.24) is 5.32 Å². The molecular formula is C15H22ClN3O2. The summed E-state index contributed by atoms with van der Waals surface area (Å²) in [5, 5.41) is 5.89. The molecule has 116 valence electrons. The fourth-order valence-corrected chi connectivity index (χ4v) is 1.92. The molecule has 0 unspecified atom stereocenters. The monoisotopic (exact) mass is 311 g/mol. The van der Waals surface area contributed by atoms with E-state index in [4.69, 9.17) is 17.3 Å². The zero-order valence-electron chi connectivity index (χ0n) is 12.0. The van der Waals surface area contributed by atoms with E-state index in [1.165, 1.54) is 0 Å². The number of hydrogen-bond acceptors (Lipinski definition) is 3. The summed E-state index contributed by atoms with van der Waals surface area (Å²) < 4.78 is 0. The van der Waals surface area contributed by atoms with Gasteiger partial charge < -0.3 is 16.4 Å². The quantitative estimate of drug-likeness (QED) is 0.612. The Morgan fingerprint density at radius 3 is 2.33 bits per heavy atom. The maximum Gasteiger partial charge on any atom is 0.243 e. The topological polar surface area (TPSA) is 84.2 Å². The van der Waals surface area contributed by atoms with Gasteiger partial charge in [0.25, 0.3) is 0 Å².